The molecule has 2 aromatic carbocycles. The molecule has 0 unspecified atom stereocenters. The average Bonchev–Trinajstić information content (AvgIpc) is 2.73. The van der Waals surface area contributed by atoms with Gasteiger partial charge < -0.3 is 10.6 Å². The Morgan fingerprint density at radius 1 is 0.529 bits per heavy atom. The minimum Gasteiger partial charge on any atom is -0.354 e. The van der Waals surface area contributed by atoms with Crippen LogP contribution in [0.3, 0.4) is 0 Å². The van der Waals surface area contributed by atoms with Gasteiger partial charge in [0.2, 0.25) is 11.8 Å². The number of halogens is 6. The van der Waals surface area contributed by atoms with E-state index in [0.717, 1.165) is 0 Å². The summed E-state index contributed by atoms with van der Waals surface area (Å²) in [7, 11) is 0. The molecular weight excluding hydrogens is 470 g/mol. The molecule has 2 amide bonds. The Bertz CT molecular complexity index is 1040. The molecular formula is C22H18F6N2O4. The topological polar surface area (TPSA) is 92.3 Å². The monoisotopic (exact) mass is 488 g/mol. The van der Waals surface area contributed by atoms with Crippen molar-refractivity contribution in [3.8, 4) is 0 Å². The van der Waals surface area contributed by atoms with Crippen molar-refractivity contribution < 1.29 is 45.5 Å². The summed E-state index contributed by atoms with van der Waals surface area (Å²) in [5, 5.41) is 4.58. The van der Waals surface area contributed by atoms with Crippen LogP contribution in [0.5, 0.6) is 0 Å². The first kappa shape index (κ1) is 26.6. The van der Waals surface area contributed by atoms with E-state index in [2.05, 4.69) is 10.6 Å². The maximum absolute atomic E-state index is 13.5. The molecule has 182 valence electrons. The Labute approximate surface area is 189 Å². The molecule has 0 bridgehead atoms. The Morgan fingerprint density at radius 2 is 0.853 bits per heavy atom. The van der Waals surface area contributed by atoms with Crippen LogP contribution in [-0.2, 0) is 32.0 Å². The number of benzene rings is 2. The molecule has 0 aliphatic carbocycles. The van der Waals surface area contributed by atoms with Crippen LogP contribution in [0, 0.1) is 34.9 Å². The third-order valence-corrected chi connectivity index (χ3v) is 4.44. The number of carbonyl (C=O) groups is 4. The highest BCUT2D eigenvalue weighted by Gasteiger charge is 2.17. The molecule has 2 aromatic rings. The van der Waals surface area contributed by atoms with Gasteiger partial charge in [-0.3, -0.25) is 19.2 Å². The van der Waals surface area contributed by atoms with Gasteiger partial charge in [-0.2, -0.15) is 0 Å². The lowest BCUT2D eigenvalue weighted by atomic mass is 10.1. The third-order valence-electron chi connectivity index (χ3n) is 4.44. The van der Waals surface area contributed by atoms with E-state index in [1.165, 1.54) is 0 Å². The SMILES string of the molecule is O=C(CC(=O)NCCNC(=O)CC(=O)Cc1cc(F)c(F)cc1F)Cc1cc(F)c(F)cc1F. The van der Waals surface area contributed by atoms with Crippen LogP contribution in [0.25, 0.3) is 0 Å². The van der Waals surface area contributed by atoms with Gasteiger partial charge >= 0.3 is 0 Å². The molecule has 0 spiro atoms. The van der Waals surface area contributed by atoms with Crippen molar-refractivity contribution in [3.63, 3.8) is 0 Å². The Morgan fingerprint density at radius 3 is 1.21 bits per heavy atom. The van der Waals surface area contributed by atoms with Gasteiger partial charge in [0.1, 0.15) is 23.2 Å². The van der Waals surface area contributed by atoms with E-state index in [9.17, 15) is 45.5 Å². The largest absolute Gasteiger partial charge is 0.354 e. The first-order chi connectivity index (χ1) is 16.0. The highest BCUT2D eigenvalue weighted by atomic mass is 19.2. The van der Waals surface area contributed by atoms with Crippen LogP contribution in [0.2, 0.25) is 0 Å². The fraction of sp³-hybridized carbons (Fsp3) is 0.273. The summed E-state index contributed by atoms with van der Waals surface area (Å²) in [6, 6.07) is 1.64. The highest BCUT2D eigenvalue weighted by molar-refractivity contribution is 5.99. The van der Waals surface area contributed by atoms with Gasteiger partial charge in [-0.15, -0.1) is 0 Å². The second kappa shape index (κ2) is 12.0. The van der Waals surface area contributed by atoms with Crippen molar-refractivity contribution >= 4 is 23.4 Å². The summed E-state index contributed by atoms with van der Waals surface area (Å²) < 4.78 is 79.2. The van der Waals surface area contributed by atoms with E-state index in [1.807, 2.05) is 0 Å². The molecule has 0 atom stereocenters. The molecule has 0 fully saturated rings. The van der Waals surface area contributed by atoms with Crippen LogP contribution in [0.15, 0.2) is 24.3 Å². The molecule has 34 heavy (non-hydrogen) atoms. The molecule has 12 heteroatoms. The summed E-state index contributed by atoms with van der Waals surface area (Å²) in [6.07, 6.45) is -2.61. The van der Waals surface area contributed by atoms with Crippen molar-refractivity contribution in [2.45, 2.75) is 25.7 Å². The van der Waals surface area contributed by atoms with Crippen molar-refractivity contribution in [1.82, 2.24) is 10.6 Å². The molecule has 0 aromatic heterocycles. The van der Waals surface area contributed by atoms with Crippen molar-refractivity contribution in [3.05, 3.63) is 70.3 Å². The van der Waals surface area contributed by atoms with E-state index < -0.39 is 95.1 Å². The molecule has 0 heterocycles. The van der Waals surface area contributed by atoms with Crippen LogP contribution >= 0.6 is 0 Å². The lowest BCUT2D eigenvalue weighted by Gasteiger charge is -2.08. The van der Waals surface area contributed by atoms with Gasteiger partial charge in [-0.1, -0.05) is 0 Å². The Hall–Kier alpha value is -3.70. The molecule has 0 saturated heterocycles. The number of carbonyl (C=O) groups excluding carboxylic acids is 4. The maximum atomic E-state index is 13.5. The number of Topliss-reactive ketones (excluding diaryl/α,β-unsaturated/α-hetero) is 2. The van der Waals surface area contributed by atoms with Crippen LogP contribution < -0.4 is 10.6 Å². The minimum atomic E-state index is -1.41. The zero-order valence-electron chi connectivity index (χ0n) is 17.5. The highest BCUT2D eigenvalue weighted by Crippen LogP contribution is 2.16. The first-order valence-corrected chi connectivity index (χ1v) is 9.80. The molecule has 6 nitrogen and oxygen atoms in total. The molecule has 0 aliphatic heterocycles. The minimum absolute atomic E-state index is 0.136. The second-order valence-corrected chi connectivity index (χ2v) is 7.20. The predicted molar refractivity (Wildman–Crippen MR) is 105 cm³/mol. The fourth-order valence-corrected chi connectivity index (χ4v) is 2.84. The van der Waals surface area contributed by atoms with Gasteiger partial charge in [-0.05, 0) is 23.3 Å². The Kier molecular flexibility index (Phi) is 9.34. The van der Waals surface area contributed by atoms with Crippen LogP contribution in [-0.4, -0.2) is 36.5 Å². The third kappa shape index (κ3) is 8.01. The molecule has 0 aliphatic rings. The van der Waals surface area contributed by atoms with Gasteiger partial charge in [-0.25, -0.2) is 26.3 Å². The Balaban J connectivity index is 1.68. The summed E-state index contributed by atoms with van der Waals surface area (Å²) in [5.74, 6) is -10.8. The smallest absolute Gasteiger partial charge is 0.227 e. The lowest BCUT2D eigenvalue weighted by Crippen LogP contribution is -2.36. The van der Waals surface area contributed by atoms with Crippen LogP contribution in [0.4, 0.5) is 26.3 Å². The normalized spacial score (nSPS) is 10.6. The zero-order valence-corrected chi connectivity index (χ0v) is 17.5. The van der Waals surface area contributed by atoms with Gasteiger partial charge in [0.15, 0.2) is 23.3 Å². The second-order valence-electron chi connectivity index (χ2n) is 7.20. The van der Waals surface area contributed by atoms with E-state index in [0.29, 0.717) is 24.3 Å². The number of ketones is 2. The van der Waals surface area contributed by atoms with Gasteiger partial charge in [0.25, 0.3) is 0 Å². The standard InChI is InChI=1S/C22H18F6N2O4/c23-15-9-19(27)17(25)5-11(15)3-13(31)7-21(33)29-1-2-30-22(34)8-14(32)4-12-6-18(26)20(28)10-16(12)24/h5-6,9-10H,1-4,7-8H2,(H,29,33)(H,30,34). The number of nitrogens with one attached hydrogen (secondary N) is 2. The average molecular weight is 488 g/mol. The van der Waals surface area contributed by atoms with E-state index in [4.69, 9.17) is 0 Å². The quantitative estimate of drug-likeness (QED) is 0.220. The molecule has 2 N–H and O–H groups in total. The number of hydrogen-bond acceptors (Lipinski definition) is 4. The summed E-state index contributed by atoms with van der Waals surface area (Å²) >= 11 is 0. The lowest BCUT2D eigenvalue weighted by molar-refractivity contribution is -0.130. The summed E-state index contributed by atoms with van der Waals surface area (Å²) in [6.45, 7) is -0.271. The maximum Gasteiger partial charge on any atom is 0.227 e. The van der Waals surface area contributed by atoms with Gasteiger partial charge in [0.05, 0.1) is 12.8 Å². The van der Waals surface area contributed by atoms with E-state index in [-0.39, 0.29) is 13.1 Å². The van der Waals surface area contributed by atoms with E-state index >= 15 is 0 Å². The van der Waals surface area contributed by atoms with Crippen molar-refractivity contribution in [2.24, 2.45) is 0 Å². The van der Waals surface area contributed by atoms with Crippen molar-refractivity contribution in [1.29, 1.82) is 0 Å². The summed E-state index contributed by atoms with van der Waals surface area (Å²) in [4.78, 5) is 47.1. The first-order valence-electron chi connectivity index (χ1n) is 9.80. The predicted octanol–water partition coefficient (Wildman–Crippen LogP) is 2.46. The van der Waals surface area contributed by atoms with Crippen molar-refractivity contribution in [2.75, 3.05) is 13.1 Å². The number of hydrogen-bond donors (Lipinski definition) is 2. The molecule has 0 radical (unpaired) electrons. The van der Waals surface area contributed by atoms with E-state index in [1.54, 1.807) is 0 Å². The summed E-state index contributed by atoms with van der Waals surface area (Å²) in [5.41, 5.74) is -0.811. The number of rotatable bonds is 11. The molecule has 2 rings (SSSR count). The van der Waals surface area contributed by atoms with Gasteiger partial charge in [0, 0.05) is 38.1 Å². The number of amides is 2. The molecule has 0 saturated carbocycles. The van der Waals surface area contributed by atoms with Crippen LogP contribution in [0.1, 0.15) is 24.0 Å². The zero-order chi connectivity index (χ0) is 25.4. The fourth-order valence-electron chi connectivity index (χ4n) is 2.84.